The summed E-state index contributed by atoms with van der Waals surface area (Å²) in [5.74, 6) is -0.355. The summed E-state index contributed by atoms with van der Waals surface area (Å²) in [7, 11) is 3.42. The fourth-order valence-electron chi connectivity index (χ4n) is 2.23. The zero-order valence-corrected chi connectivity index (χ0v) is 11.5. The van der Waals surface area contributed by atoms with Crippen LogP contribution >= 0.6 is 0 Å². The molecule has 19 heavy (non-hydrogen) atoms. The highest BCUT2D eigenvalue weighted by atomic mass is 16.5. The summed E-state index contributed by atoms with van der Waals surface area (Å²) in [6.07, 6.45) is 4.20. The number of ether oxygens (including phenoxy) is 2. The topological polar surface area (TPSA) is 51.7 Å². The van der Waals surface area contributed by atoms with Crippen LogP contribution in [0, 0.1) is 0 Å². The first kappa shape index (κ1) is 14.0. The fraction of sp³-hybridized carbons (Fsp3) is 0.571. The molecule has 0 saturated carbocycles. The molecule has 0 spiro atoms. The van der Waals surface area contributed by atoms with Crippen LogP contribution in [0.4, 0.5) is 0 Å². The summed E-state index contributed by atoms with van der Waals surface area (Å²) >= 11 is 0. The monoisotopic (exact) mass is 264 g/mol. The first-order chi connectivity index (χ1) is 9.19. The maximum absolute atomic E-state index is 11.3. The molecule has 1 saturated heterocycles. The Morgan fingerprint density at radius 3 is 3.00 bits per heavy atom. The standard InChI is InChI=1S/C14H20N2O3/c1-16(10-13-4-3-7-19-13)9-12-6-5-11(8-15-12)14(17)18-2/h5-6,8,13H,3-4,7,9-10H2,1-2H3. The van der Waals surface area contributed by atoms with Crippen LogP contribution in [0.1, 0.15) is 28.9 Å². The Kier molecular flexibility index (Phi) is 4.87. The van der Waals surface area contributed by atoms with Crippen molar-refractivity contribution in [3.8, 4) is 0 Å². The fourth-order valence-corrected chi connectivity index (χ4v) is 2.23. The van der Waals surface area contributed by atoms with Crippen LogP contribution in [0.15, 0.2) is 18.3 Å². The maximum atomic E-state index is 11.3. The molecule has 0 aromatic carbocycles. The van der Waals surface area contributed by atoms with Crippen molar-refractivity contribution in [1.29, 1.82) is 0 Å². The highest BCUT2D eigenvalue weighted by Gasteiger charge is 2.17. The van der Waals surface area contributed by atoms with Crippen molar-refractivity contribution in [1.82, 2.24) is 9.88 Å². The molecule has 1 aliphatic heterocycles. The smallest absolute Gasteiger partial charge is 0.339 e. The lowest BCUT2D eigenvalue weighted by Gasteiger charge is -2.20. The zero-order chi connectivity index (χ0) is 13.7. The quantitative estimate of drug-likeness (QED) is 0.754. The second-order valence-electron chi connectivity index (χ2n) is 4.86. The van der Waals surface area contributed by atoms with Crippen LogP contribution in [0.5, 0.6) is 0 Å². The van der Waals surface area contributed by atoms with Crippen LogP contribution in [0.25, 0.3) is 0 Å². The summed E-state index contributed by atoms with van der Waals surface area (Å²) in [6.45, 7) is 2.55. The maximum Gasteiger partial charge on any atom is 0.339 e. The minimum Gasteiger partial charge on any atom is -0.465 e. The molecular formula is C14H20N2O3. The van der Waals surface area contributed by atoms with Gasteiger partial charge in [0.05, 0.1) is 24.5 Å². The van der Waals surface area contributed by atoms with Gasteiger partial charge >= 0.3 is 5.97 Å². The Morgan fingerprint density at radius 1 is 1.58 bits per heavy atom. The van der Waals surface area contributed by atoms with E-state index in [1.807, 2.05) is 6.07 Å². The molecule has 0 amide bonds. The van der Waals surface area contributed by atoms with Crippen molar-refractivity contribution in [2.45, 2.75) is 25.5 Å². The van der Waals surface area contributed by atoms with Crippen molar-refractivity contribution in [2.75, 3.05) is 27.3 Å². The lowest BCUT2D eigenvalue weighted by atomic mass is 10.2. The van der Waals surface area contributed by atoms with Crippen LogP contribution in [-0.4, -0.2) is 49.3 Å². The van der Waals surface area contributed by atoms with Crippen LogP contribution in [0.3, 0.4) is 0 Å². The van der Waals surface area contributed by atoms with E-state index in [-0.39, 0.29) is 5.97 Å². The predicted octanol–water partition coefficient (Wildman–Crippen LogP) is 1.48. The van der Waals surface area contributed by atoms with Crippen LogP contribution in [-0.2, 0) is 16.0 Å². The molecule has 5 nitrogen and oxygen atoms in total. The SMILES string of the molecule is COC(=O)c1ccc(CN(C)CC2CCCO2)nc1. The first-order valence-corrected chi connectivity index (χ1v) is 6.52. The highest BCUT2D eigenvalue weighted by molar-refractivity contribution is 5.88. The van der Waals surface area contributed by atoms with Gasteiger partial charge in [0, 0.05) is 25.9 Å². The Bertz CT molecular complexity index is 413. The van der Waals surface area contributed by atoms with E-state index in [2.05, 4.69) is 21.7 Å². The molecule has 1 aliphatic rings. The van der Waals surface area contributed by atoms with Crippen molar-refractivity contribution in [2.24, 2.45) is 0 Å². The van der Waals surface area contributed by atoms with Crippen LogP contribution in [0.2, 0.25) is 0 Å². The zero-order valence-electron chi connectivity index (χ0n) is 11.5. The summed E-state index contributed by atoms with van der Waals surface area (Å²) in [5, 5.41) is 0. The molecule has 2 heterocycles. The van der Waals surface area contributed by atoms with Gasteiger partial charge < -0.3 is 9.47 Å². The number of nitrogens with zero attached hydrogens (tertiary/aromatic N) is 2. The van der Waals surface area contributed by atoms with Gasteiger partial charge in [-0.1, -0.05) is 0 Å². The van der Waals surface area contributed by atoms with E-state index >= 15 is 0 Å². The number of hydrogen-bond donors (Lipinski definition) is 0. The number of esters is 1. The van der Waals surface area contributed by atoms with E-state index in [1.54, 1.807) is 12.3 Å². The van der Waals surface area contributed by atoms with Gasteiger partial charge in [0.1, 0.15) is 0 Å². The van der Waals surface area contributed by atoms with Crippen molar-refractivity contribution >= 4 is 5.97 Å². The number of aromatic nitrogens is 1. The second kappa shape index (κ2) is 6.63. The van der Waals surface area contributed by atoms with Gasteiger partial charge in [0.25, 0.3) is 0 Å². The van der Waals surface area contributed by atoms with Gasteiger partial charge in [-0.3, -0.25) is 9.88 Å². The normalized spacial score (nSPS) is 18.8. The third kappa shape index (κ3) is 4.01. The Balaban J connectivity index is 1.86. The number of carbonyl (C=O) groups is 1. The minimum atomic E-state index is -0.355. The average molecular weight is 264 g/mol. The van der Waals surface area contributed by atoms with Gasteiger partial charge in [-0.25, -0.2) is 4.79 Å². The predicted molar refractivity (Wildman–Crippen MR) is 70.9 cm³/mol. The third-order valence-electron chi connectivity index (χ3n) is 3.22. The van der Waals surface area contributed by atoms with Crippen molar-refractivity contribution in [3.63, 3.8) is 0 Å². The first-order valence-electron chi connectivity index (χ1n) is 6.52. The lowest BCUT2D eigenvalue weighted by molar-refractivity contribution is 0.0600. The van der Waals surface area contributed by atoms with E-state index < -0.39 is 0 Å². The molecular weight excluding hydrogens is 244 g/mol. The minimum absolute atomic E-state index is 0.347. The van der Waals surface area contributed by atoms with Gasteiger partial charge in [-0.15, -0.1) is 0 Å². The number of carbonyl (C=O) groups excluding carboxylic acids is 1. The average Bonchev–Trinajstić information content (AvgIpc) is 2.91. The number of pyridine rings is 1. The molecule has 5 heteroatoms. The Hall–Kier alpha value is -1.46. The second-order valence-corrected chi connectivity index (χ2v) is 4.86. The molecule has 1 atom stereocenters. The molecule has 1 aromatic heterocycles. The molecule has 0 radical (unpaired) electrons. The molecule has 0 bridgehead atoms. The third-order valence-corrected chi connectivity index (χ3v) is 3.22. The molecule has 1 unspecified atom stereocenters. The van der Waals surface area contributed by atoms with E-state index in [4.69, 9.17) is 4.74 Å². The highest BCUT2D eigenvalue weighted by Crippen LogP contribution is 2.13. The van der Waals surface area contributed by atoms with Crippen molar-refractivity contribution in [3.05, 3.63) is 29.6 Å². The molecule has 1 fully saturated rings. The van der Waals surface area contributed by atoms with Gasteiger partial charge in [0.15, 0.2) is 0 Å². The Labute approximate surface area is 113 Å². The molecule has 1 aromatic rings. The largest absolute Gasteiger partial charge is 0.465 e. The van der Waals surface area contributed by atoms with Crippen molar-refractivity contribution < 1.29 is 14.3 Å². The summed E-state index contributed by atoms with van der Waals surface area (Å²) in [4.78, 5) is 17.8. The number of likely N-dealkylation sites (N-methyl/N-ethyl adjacent to an activating group) is 1. The van der Waals surface area contributed by atoms with E-state index in [0.717, 1.165) is 38.2 Å². The summed E-state index contributed by atoms with van der Waals surface area (Å²) < 4.78 is 10.2. The van der Waals surface area contributed by atoms with Gasteiger partial charge in [0.2, 0.25) is 0 Å². The van der Waals surface area contributed by atoms with E-state index in [9.17, 15) is 4.79 Å². The number of hydrogen-bond acceptors (Lipinski definition) is 5. The van der Waals surface area contributed by atoms with Crippen LogP contribution < -0.4 is 0 Å². The molecule has 0 aliphatic carbocycles. The summed E-state index contributed by atoms with van der Waals surface area (Å²) in [6, 6.07) is 3.60. The number of methoxy groups -OCH3 is 1. The number of rotatable bonds is 5. The van der Waals surface area contributed by atoms with E-state index in [1.165, 1.54) is 7.11 Å². The lowest BCUT2D eigenvalue weighted by Crippen LogP contribution is -2.28. The van der Waals surface area contributed by atoms with Gasteiger partial charge in [-0.2, -0.15) is 0 Å². The molecule has 0 N–H and O–H groups in total. The molecule has 2 rings (SSSR count). The van der Waals surface area contributed by atoms with Gasteiger partial charge in [-0.05, 0) is 32.0 Å². The molecule has 104 valence electrons. The van der Waals surface area contributed by atoms with E-state index in [0.29, 0.717) is 11.7 Å². The Morgan fingerprint density at radius 2 is 2.42 bits per heavy atom. The summed E-state index contributed by atoms with van der Waals surface area (Å²) in [5.41, 5.74) is 1.42.